The highest BCUT2D eigenvalue weighted by atomic mass is 16.2. The Labute approximate surface area is 161 Å². The number of carbonyl (C=O) groups is 1. The summed E-state index contributed by atoms with van der Waals surface area (Å²) in [5, 5.41) is 4.79. The molecular formula is C20H19N7O. The molecule has 0 aliphatic heterocycles. The van der Waals surface area contributed by atoms with Crippen LogP contribution in [0, 0.1) is 0 Å². The Hall–Kier alpha value is -3.81. The summed E-state index contributed by atoms with van der Waals surface area (Å²) in [6, 6.07) is 15.4. The first-order valence-corrected chi connectivity index (χ1v) is 8.78. The van der Waals surface area contributed by atoms with E-state index in [4.69, 9.17) is 5.73 Å². The molecule has 0 aliphatic carbocycles. The number of para-hydroxylation sites is 1. The maximum absolute atomic E-state index is 13.0. The number of fused-ring (bicyclic) bond motifs is 1. The third-order valence-electron chi connectivity index (χ3n) is 4.42. The van der Waals surface area contributed by atoms with Crippen LogP contribution in [-0.2, 0) is 13.1 Å². The van der Waals surface area contributed by atoms with Crippen molar-refractivity contribution in [2.45, 2.75) is 13.1 Å². The maximum Gasteiger partial charge on any atom is 0.273 e. The molecule has 0 unspecified atom stereocenters. The highest BCUT2D eigenvalue weighted by molar-refractivity contribution is 6.04. The maximum atomic E-state index is 13.0. The van der Waals surface area contributed by atoms with E-state index in [-0.39, 0.29) is 11.9 Å². The molecule has 2 N–H and O–H groups in total. The predicted molar refractivity (Wildman–Crippen MR) is 105 cm³/mol. The molecule has 4 aromatic rings. The number of amides is 1. The quantitative estimate of drug-likeness (QED) is 0.575. The van der Waals surface area contributed by atoms with Gasteiger partial charge in [-0.2, -0.15) is 5.10 Å². The van der Waals surface area contributed by atoms with E-state index in [9.17, 15) is 4.79 Å². The summed E-state index contributed by atoms with van der Waals surface area (Å²) < 4.78 is 1.76. The number of nitrogens with zero attached hydrogens (tertiary/aromatic N) is 6. The van der Waals surface area contributed by atoms with Crippen LogP contribution in [0.5, 0.6) is 0 Å². The standard InChI is InChI=1S/C20H19N7O/c1-26(10-14-6-8-15(9-7-14)11-27-13-22-12-23-27)19(28)18-16-4-2-3-5-17(16)24-20(21)25-18/h2-9,12-13H,10-11H2,1H3,(H2,21,24,25). The van der Waals surface area contributed by atoms with Gasteiger partial charge in [0.15, 0.2) is 0 Å². The first-order valence-electron chi connectivity index (χ1n) is 8.78. The average Bonchev–Trinajstić information content (AvgIpc) is 3.21. The van der Waals surface area contributed by atoms with Gasteiger partial charge in [0.1, 0.15) is 18.3 Å². The number of rotatable bonds is 5. The Morgan fingerprint density at radius 3 is 2.57 bits per heavy atom. The van der Waals surface area contributed by atoms with E-state index in [1.807, 2.05) is 48.5 Å². The molecule has 0 saturated heterocycles. The summed E-state index contributed by atoms with van der Waals surface area (Å²) in [6.45, 7) is 1.11. The van der Waals surface area contributed by atoms with E-state index in [0.717, 1.165) is 11.1 Å². The zero-order valence-corrected chi connectivity index (χ0v) is 15.4. The molecule has 4 rings (SSSR count). The van der Waals surface area contributed by atoms with E-state index in [1.54, 1.807) is 23.0 Å². The third kappa shape index (κ3) is 3.66. The molecule has 1 amide bonds. The molecule has 0 saturated carbocycles. The summed E-state index contributed by atoms with van der Waals surface area (Å²) in [5.41, 5.74) is 8.88. The van der Waals surface area contributed by atoms with Gasteiger partial charge in [-0.15, -0.1) is 0 Å². The molecule has 8 heteroatoms. The van der Waals surface area contributed by atoms with E-state index in [1.165, 1.54) is 6.33 Å². The number of benzene rings is 2. The van der Waals surface area contributed by atoms with Crippen LogP contribution in [0.4, 0.5) is 5.95 Å². The summed E-state index contributed by atoms with van der Waals surface area (Å²) in [4.78, 5) is 26.9. The van der Waals surface area contributed by atoms with Crippen molar-refractivity contribution in [3.63, 3.8) is 0 Å². The van der Waals surface area contributed by atoms with Crippen LogP contribution in [0.1, 0.15) is 21.6 Å². The van der Waals surface area contributed by atoms with Gasteiger partial charge >= 0.3 is 0 Å². The summed E-state index contributed by atoms with van der Waals surface area (Å²) >= 11 is 0. The Bertz CT molecular complexity index is 1110. The zero-order valence-electron chi connectivity index (χ0n) is 15.4. The van der Waals surface area contributed by atoms with E-state index in [0.29, 0.717) is 29.7 Å². The topological polar surface area (TPSA) is 103 Å². The number of anilines is 1. The molecule has 8 nitrogen and oxygen atoms in total. The molecule has 0 atom stereocenters. The smallest absolute Gasteiger partial charge is 0.273 e. The lowest BCUT2D eigenvalue weighted by atomic mass is 10.1. The van der Waals surface area contributed by atoms with E-state index >= 15 is 0 Å². The fraction of sp³-hybridized carbons (Fsp3) is 0.150. The molecule has 0 spiro atoms. The second kappa shape index (κ2) is 7.43. The number of aromatic nitrogens is 5. The second-order valence-electron chi connectivity index (χ2n) is 6.52. The number of carbonyl (C=O) groups excluding carboxylic acids is 1. The van der Waals surface area contributed by atoms with Gasteiger partial charge in [0.2, 0.25) is 5.95 Å². The highest BCUT2D eigenvalue weighted by Crippen LogP contribution is 2.18. The van der Waals surface area contributed by atoms with Crippen molar-refractivity contribution >= 4 is 22.8 Å². The molecule has 0 radical (unpaired) electrons. The van der Waals surface area contributed by atoms with Crippen molar-refractivity contribution in [1.29, 1.82) is 0 Å². The van der Waals surface area contributed by atoms with Crippen molar-refractivity contribution in [1.82, 2.24) is 29.6 Å². The highest BCUT2D eigenvalue weighted by Gasteiger charge is 2.18. The van der Waals surface area contributed by atoms with E-state index in [2.05, 4.69) is 20.1 Å². The molecule has 0 fully saturated rings. The average molecular weight is 373 g/mol. The Morgan fingerprint density at radius 1 is 1.07 bits per heavy atom. The van der Waals surface area contributed by atoms with Gasteiger partial charge in [-0.05, 0) is 17.2 Å². The van der Waals surface area contributed by atoms with E-state index < -0.39 is 0 Å². The molecule has 0 bridgehead atoms. The molecule has 140 valence electrons. The minimum absolute atomic E-state index is 0.0907. The normalized spacial score (nSPS) is 10.9. The summed E-state index contributed by atoms with van der Waals surface area (Å²) in [6.07, 6.45) is 3.19. The van der Waals surface area contributed by atoms with Gasteiger partial charge in [-0.25, -0.2) is 19.6 Å². The Morgan fingerprint density at radius 2 is 1.82 bits per heavy atom. The first-order chi connectivity index (χ1) is 13.6. The summed E-state index contributed by atoms with van der Waals surface area (Å²) in [7, 11) is 1.75. The van der Waals surface area contributed by atoms with Crippen molar-refractivity contribution in [2.24, 2.45) is 0 Å². The summed E-state index contributed by atoms with van der Waals surface area (Å²) in [5.74, 6) is -0.107. The van der Waals surface area contributed by atoms with Crippen LogP contribution in [0.15, 0.2) is 61.2 Å². The van der Waals surface area contributed by atoms with Gasteiger partial charge in [0.05, 0.1) is 12.1 Å². The molecule has 2 aromatic heterocycles. The lowest BCUT2D eigenvalue weighted by Crippen LogP contribution is -2.27. The molecule has 28 heavy (non-hydrogen) atoms. The van der Waals surface area contributed by atoms with Crippen LogP contribution in [0.2, 0.25) is 0 Å². The zero-order chi connectivity index (χ0) is 19.5. The second-order valence-corrected chi connectivity index (χ2v) is 6.52. The molecular weight excluding hydrogens is 354 g/mol. The fourth-order valence-electron chi connectivity index (χ4n) is 3.04. The van der Waals surface area contributed by atoms with Crippen molar-refractivity contribution < 1.29 is 4.79 Å². The predicted octanol–water partition coefficient (Wildman–Crippen LogP) is 2.12. The van der Waals surface area contributed by atoms with Gasteiger partial charge in [0.25, 0.3) is 5.91 Å². The van der Waals surface area contributed by atoms with Crippen molar-refractivity contribution in [2.75, 3.05) is 12.8 Å². The van der Waals surface area contributed by atoms with Crippen LogP contribution >= 0.6 is 0 Å². The lowest BCUT2D eigenvalue weighted by Gasteiger charge is -2.18. The number of nitrogens with two attached hydrogens (primary N) is 1. The number of hydrogen-bond donors (Lipinski definition) is 1. The van der Waals surface area contributed by atoms with Crippen LogP contribution in [0.25, 0.3) is 10.9 Å². The van der Waals surface area contributed by atoms with Gasteiger partial charge in [-0.1, -0.05) is 42.5 Å². The SMILES string of the molecule is CN(Cc1ccc(Cn2cncn2)cc1)C(=O)c1nc(N)nc2ccccc12. The van der Waals surface area contributed by atoms with Crippen LogP contribution < -0.4 is 5.73 Å². The number of nitrogen functional groups attached to an aromatic ring is 1. The van der Waals surface area contributed by atoms with Crippen LogP contribution in [-0.4, -0.2) is 42.6 Å². The fourth-order valence-corrected chi connectivity index (χ4v) is 3.04. The van der Waals surface area contributed by atoms with Crippen molar-refractivity contribution in [3.05, 3.63) is 78.0 Å². The minimum Gasteiger partial charge on any atom is -0.368 e. The lowest BCUT2D eigenvalue weighted by molar-refractivity contribution is 0.0781. The van der Waals surface area contributed by atoms with Gasteiger partial charge in [0, 0.05) is 19.0 Å². The van der Waals surface area contributed by atoms with Gasteiger partial charge in [-0.3, -0.25) is 4.79 Å². The first kappa shape index (κ1) is 17.6. The largest absolute Gasteiger partial charge is 0.368 e. The third-order valence-corrected chi connectivity index (χ3v) is 4.42. The Kier molecular flexibility index (Phi) is 4.67. The minimum atomic E-state index is -0.197. The molecule has 2 heterocycles. The van der Waals surface area contributed by atoms with Crippen LogP contribution in [0.3, 0.4) is 0 Å². The Balaban J connectivity index is 1.51. The van der Waals surface area contributed by atoms with Gasteiger partial charge < -0.3 is 10.6 Å². The van der Waals surface area contributed by atoms with Crippen molar-refractivity contribution in [3.8, 4) is 0 Å². The molecule has 2 aromatic carbocycles. The number of hydrogen-bond acceptors (Lipinski definition) is 6. The monoisotopic (exact) mass is 373 g/mol. The molecule has 0 aliphatic rings.